The number of nitrogens with one attached hydrogen (secondary N) is 1. The normalized spacial score (nSPS) is 11.8. The Bertz CT molecular complexity index is 755. The fourth-order valence-corrected chi connectivity index (χ4v) is 3.28. The molecule has 0 atom stereocenters. The number of aromatic nitrogens is 3. The predicted molar refractivity (Wildman–Crippen MR) is 101 cm³/mol. The maximum Gasteiger partial charge on any atom is 0.106 e. The van der Waals surface area contributed by atoms with E-state index in [-0.39, 0.29) is 0 Å². The van der Waals surface area contributed by atoms with Crippen LogP contribution in [0.1, 0.15) is 44.3 Å². The molecule has 4 heteroatoms. The maximum absolute atomic E-state index is 4.55. The molecule has 3 rings (SSSR count). The highest BCUT2D eigenvalue weighted by atomic mass is 32.1. The molecule has 2 heterocycles. The van der Waals surface area contributed by atoms with E-state index in [9.17, 15) is 0 Å². The van der Waals surface area contributed by atoms with Crippen LogP contribution in [-0.4, -0.2) is 14.3 Å². The first-order valence-corrected chi connectivity index (χ1v) is 9.41. The van der Waals surface area contributed by atoms with Crippen molar-refractivity contribution in [1.82, 2.24) is 14.3 Å². The van der Waals surface area contributed by atoms with Crippen LogP contribution in [0.5, 0.6) is 0 Å². The molecule has 3 aromatic rings. The lowest BCUT2D eigenvalue weighted by atomic mass is 9.85. The van der Waals surface area contributed by atoms with Gasteiger partial charge in [-0.1, -0.05) is 51.5 Å². The van der Waals surface area contributed by atoms with E-state index in [1.807, 2.05) is 12.4 Å². The summed E-state index contributed by atoms with van der Waals surface area (Å²) >= 11 is 1.49. The van der Waals surface area contributed by atoms with Gasteiger partial charge in [0.05, 0.1) is 0 Å². The summed E-state index contributed by atoms with van der Waals surface area (Å²) in [5.41, 5.74) is 5.34. The second kappa shape index (κ2) is 7.31. The molecule has 0 amide bonds. The largest absolute Gasteiger partial charge is 0.346 e. The highest BCUT2D eigenvalue weighted by Crippen LogP contribution is 2.25. The third-order valence-electron chi connectivity index (χ3n) is 4.68. The fourth-order valence-electron chi connectivity index (χ4n) is 2.74. The van der Waals surface area contributed by atoms with Gasteiger partial charge in [-0.05, 0) is 40.9 Å². The predicted octanol–water partition coefficient (Wildman–Crippen LogP) is 5.30. The van der Waals surface area contributed by atoms with E-state index in [4.69, 9.17) is 0 Å². The number of aryl methyl sites for hydroxylation is 2. The number of hydrogen-bond donors (Lipinski definition) is 1. The van der Waals surface area contributed by atoms with E-state index >= 15 is 0 Å². The number of aromatic amines is 1. The summed E-state index contributed by atoms with van der Waals surface area (Å²) in [6.07, 6.45) is 8.10. The Balaban J connectivity index is 1.57. The van der Waals surface area contributed by atoms with Crippen LogP contribution in [-0.2, 0) is 19.3 Å². The number of imidazole rings is 1. The van der Waals surface area contributed by atoms with Gasteiger partial charge in [-0.15, -0.1) is 0 Å². The standard InChI is InChI=1S/C20H25N3S/c1-4-20(2,3)11-18-13-21-19(23-18)10-7-15-5-8-16(9-6-15)17-12-22-24-14-17/h5-6,8-9,12-14H,4,7,10-11H2,1-3H3,(H,21,23). The zero-order valence-electron chi connectivity index (χ0n) is 14.7. The lowest BCUT2D eigenvalue weighted by Crippen LogP contribution is -2.13. The quantitative estimate of drug-likeness (QED) is 0.635. The molecule has 0 unspecified atom stereocenters. The average Bonchev–Trinajstić information content (AvgIpc) is 3.25. The molecule has 1 aromatic carbocycles. The van der Waals surface area contributed by atoms with Crippen molar-refractivity contribution < 1.29 is 0 Å². The summed E-state index contributed by atoms with van der Waals surface area (Å²) < 4.78 is 4.16. The van der Waals surface area contributed by atoms with Gasteiger partial charge in [0.2, 0.25) is 0 Å². The van der Waals surface area contributed by atoms with E-state index in [1.165, 1.54) is 40.3 Å². The molecule has 0 bridgehead atoms. The Morgan fingerprint density at radius 3 is 2.50 bits per heavy atom. The van der Waals surface area contributed by atoms with Gasteiger partial charge in [0.25, 0.3) is 0 Å². The molecular weight excluding hydrogens is 314 g/mol. The number of benzene rings is 1. The topological polar surface area (TPSA) is 41.6 Å². The molecule has 0 aliphatic carbocycles. The molecule has 0 saturated heterocycles. The molecule has 1 N–H and O–H groups in total. The van der Waals surface area contributed by atoms with Gasteiger partial charge >= 0.3 is 0 Å². The lowest BCUT2D eigenvalue weighted by molar-refractivity contribution is 0.346. The van der Waals surface area contributed by atoms with Crippen molar-refractivity contribution >= 4 is 11.5 Å². The zero-order valence-corrected chi connectivity index (χ0v) is 15.5. The minimum atomic E-state index is 0.330. The fraction of sp³-hybridized carbons (Fsp3) is 0.400. The number of H-pyrrole nitrogens is 1. The molecule has 126 valence electrons. The Kier molecular flexibility index (Phi) is 5.14. The van der Waals surface area contributed by atoms with Gasteiger partial charge in [-0.3, -0.25) is 0 Å². The van der Waals surface area contributed by atoms with Gasteiger partial charge < -0.3 is 4.98 Å². The first kappa shape index (κ1) is 16.9. The first-order valence-electron chi connectivity index (χ1n) is 8.57. The van der Waals surface area contributed by atoms with Crippen molar-refractivity contribution in [2.45, 2.75) is 46.5 Å². The molecule has 0 aliphatic heterocycles. The molecule has 0 fully saturated rings. The Hall–Kier alpha value is -1.94. The molecule has 0 radical (unpaired) electrons. The summed E-state index contributed by atoms with van der Waals surface area (Å²) in [6.45, 7) is 6.85. The van der Waals surface area contributed by atoms with Crippen LogP contribution in [0.3, 0.4) is 0 Å². The van der Waals surface area contributed by atoms with Gasteiger partial charge in [0, 0.05) is 35.5 Å². The van der Waals surface area contributed by atoms with Crippen LogP contribution in [0, 0.1) is 5.41 Å². The minimum absolute atomic E-state index is 0.330. The van der Waals surface area contributed by atoms with Crippen LogP contribution >= 0.6 is 11.5 Å². The van der Waals surface area contributed by atoms with Crippen LogP contribution in [0.15, 0.2) is 42.0 Å². The van der Waals surface area contributed by atoms with E-state index in [0.717, 1.165) is 25.1 Å². The van der Waals surface area contributed by atoms with Crippen molar-refractivity contribution in [3.63, 3.8) is 0 Å². The summed E-state index contributed by atoms with van der Waals surface area (Å²) in [5, 5.41) is 2.08. The Morgan fingerprint density at radius 1 is 1.04 bits per heavy atom. The minimum Gasteiger partial charge on any atom is -0.346 e. The molecule has 0 aliphatic rings. The smallest absolute Gasteiger partial charge is 0.106 e. The summed E-state index contributed by atoms with van der Waals surface area (Å²) in [7, 11) is 0. The Morgan fingerprint density at radius 2 is 1.83 bits per heavy atom. The van der Waals surface area contributed by atoms with Crippen molar-refractivity contribution in [3.05, 3.63) is 59.1 Å². The third-order valence-corrected chi connectivity index (χ3v) is 5.26. The monoisotopic (exact) mass is 339 g/mol. The molecule has 2 aromatic heterocycles. The third kappa shape index (κ3) is 4.32. The molecule has 0 spiro atoms. The number of nitrogens with zero attached hydrogens (tertiary/aromatic N) is 2. The second-order valence-corrected chi connectivity index (χ2v) is 7.82. The molecule has 3 nitrogen and oxygen atoms in total. The zero-order chi connectivity index (χ0) is 17.0. The van der Waals surface area contributed by atoms with E-state index in [1.54, 1.807) is 0 Å². The second-order valence-electron chi connectivity index (χ2n) is 7.16. The number of hydrogen-bond acceptors (Lipinski definition) is 3. The Labute approximate surface area is 148 Å². The summed E-state index contributed by atoms with van der Waals surface area (Å²) in [6, 6.07) is 8.76. The summed E-state index contributed by atoms with van der Waals surface area (Å²) in [4.78, 5) is 8.04. The molecule has 24 heavy (non-hydrogen) atoms. The van der Waals surface area contributed by atoms with Crippen molar-refractivity contribution in [2.75, 3.05) is 0 Å². The van der Waals surface area contributed by atoms with Crippen LogP contribution < -0.4 is 0 Å². The van der Waals surface area contributed by atoms with Crippen molar-refractivity contribution in [2.24, 2.45) is 5.41 Å². The van der Waals surface area contributed by atoms with Crippen LogP contribution in [0.2, 0.25) is 0 Å². The highest BCUT2D eigenvalue weighted by molar-refractivity contribution is 7.03. The van der Waals surface area contributed by atoms with E-state index in [0.29, 0.717) is 5.41 Å². The molecular formula is C20H25N3S. The highest BCUT2D eigenvalue weighted by Gasteiger charge is 2.17. The number of rotatable bonds is 7. The molecule has 0 saturated carbocycles. The van der Waals surface area contributed by atoms with Crippen molar-refractivity contribution in [3.8, 4) is 11.1 Å². The van der Waals surface area contributed by atoms with E-state index < -0.39 is 0 Å². The van der Waals surface area contributed by atoms with Crippen LogP contribution in [0.4, 0.5) is 0 Å². The van der Waals surface area contributed by atoms with Gasteiger partial charge in [0.15, 0.2) is 0 Å². The van der Waals surface area contributed by atoms with Crippen LogP contribution in [0.25, 0.3) is 11.1 Å². The van der Waals surface area contributed by atoms with Gasteiger partial charge in [0.1, 0.15) is 5.82 Å². The lowest BCUT2D eigenvalue weighted by Gasteiger charge is -2.21. The van der Waals surface area contributed by atoms with Crippen molar-refractivity contribution in [1.29, 1.82) is 0 Å². The van der Waals surface area contributed by atoms with Gasteiger partial charge in [-0.2, -0.15) is 0 Å². The first-order chi connectivity index (χ1) is 11.6. The SMILES string of the molecule is CCC(C)(C)Cc1cnc(CCc2ccc(-c3cnsc3)cc2)[nH]1. The van der Waals surface area contributed by atoms with E-state index in [2.05, 4.69) is 64.8 Å². The van der Waals surface area contributed by atoms with Gasteiger partial charge in [-0.25, -0.2) is 9.36 Å². The average molecular weight is 340 g/mol. The summed E-state index contributed by atoms with van der Waals surface area (Å²) in [5.74, 6) is 1.09. The maximum atomic E-state index is 4.55.